The van der Waals surface area contributed by atoms with Crippen LogP contribution >= 0.6 is 11.3 Å². The van der Waals surface area contributed by atoms with Crippen molar-refractivity contribution in [2.24, 2.45) is 5.92 Å². The molecule has 4 heterocycles. The van der Waals surface area contributed by atoms with Crippen molar-refractivity contribution in [3.63, 3.8) is 0 Å². The van der Waals surface area contributed by atoms with Crippen molar-refractivity contribution >= 4 is 44.1 Å². The van der Waals surface area contributed by atoms with E-state index in [-0.39, 0.29) is 0 Å². The fraction of sp³-hybridized carbons (Fsp3) is 0.353. The Morgan fingerprint density at radius 3 is 3.15 bits per heavy atom. The molecule has 0 radical (unpaired) electrons. The summed E-state index contributed by atoms with van der Waals surface area (Å²) in [7, 11) is 0. The number of nitrogen functional groups attached to an aromatic ring is 1. The Labute approximate surface area is 154 Å². The molecule has 1 saturated heterocycles. The van der Waals surface area contributed by atoms with Crippen LogP contribution in [0.15, 0.2) is 24.7 Å². The molecule has 1 fully saturated rings. The molecule has 0 spiro atoms. The van der Waals surface area contributed by atoms with Crippen molar-refractivity contribution in [3.8, 4) is 6.07 Å². The number of anilines is 4. The van der Waals surface area contributed by atoms with E-state index >= 15 is 0 Å². The number of hydrogen-bond acceptors (Lipinski definition) is 9. The second-order valence-corrected chi connectivity index (χ2v) is 7.25. The summed E-state index contributed by atoms with van der Waals surface area (Å²) in [6, 6.07) is 5.87. The van der Waals surface area contributed by atoms with Gasteiger partial charge in [0.05, 0.1) is 16.3 Å². The summed E-state index contributed by atoms with van der Waals surface area (Å²) in [5, 5.41) is 13.1. The minimum atomic E-state index is 0.400. The zero-order valence-corrected chi connectivity index (χ0v) is 14.9. The van der Waals surface area contributed by atoms with Crippen molar-refractivity contribution < 1.29 is 0 Å². The Morgan fingerprint density at radius 1 is 1.38 bits per heavy atom. The predicted octanol–water partition coefficient (Wildman–Crippen LogP) is 2.94. The van der Waals surface area contributed by atoms with Crippen molar-refractivity contribution in [2.75, 3.05) is 29.0 Å². The van der Waals surface area contributed by atoms with Gasteiger partial charge in [0.25, 0.3) is 0 Å². The summed E-state index contributed by atoms with van der Waals surface area (Å²) in [5.41, 5.74) is 6.61. The molecule has 1 aliphatic heterocycles. The molecule has 132 valence electrons. The third-order valence-corrected chi connectivity index (χ3v) is 5.54. The van der Waals surface area contributed by atoms with Gasteiger partial charge < -0.3 is 16.0 Å². The van der Waals surface area contributed by atoms with Crippen LogP contribution in [0.25, 0.3) is 10.2 Å². The SMILES string of the molecule is N#CC[C@H]1CCCN(c2nc3ccnc(Nc4cc(N)ncn4)c3s2)C1. The molecule has 3 aromatic heterocycles. The fourth-order valence-corrected chi connectivity index (χ4v) is 4.20. The first-order chi connectivity index (χ1) is 12.7. The lowest BCUT2D eigenvalue weighted by molar-refractivity contribution is 0.422. The quantitative estimate of drug-likeness (QED) is 0.724. The Balaban J connectivity index is 1.62. The zero-order valence-electron chi connectivity index (χ0n) is 14.1. The Kier molecular flexibility index (Phi) is 4.50. The first kappa shape index (κ1) is 16.5. The number of nitrogens with two attached hydrogens (primary N) is 1. The van der Waals surface area contributed by atoms with E-state index in [2.05, 4.69) is 31.2 Å². The summed E-state index contributed by atoms with van der Waals surface area (Å²) >= 11 is 1.61. The maximum absolute atomic E-state index is 8.97. The molecule has 0 saturated carbocycles. The molecule has 0 aliphatic carbocycles. The molecule has 3 N–H and O–H groups in total. The van der Waals surface area contributed by atoms with Crippen molar-refractivity contribution in [1.29, 1.82) is 5.26 Å². The topological polar surface area (TPSA) is 117 Å². The van der Waals surface area contributed by atoms with Gasteiger partial charge in [0.2, 0.25) is 0 Å². The van der Waals surface area contributed by atoms with Crippen LogP contribution < -0.4 is 16.0 Å². The second kappa shape index (κ2) is 7.09. The lowest BCUT2D eigenvalue weighted by atomic mass is 9.96. The number of rotatable bonds is 4. The van der Waals surface area contributed by atoms with E-state index in [1.54, 1.807) is 23.6 Å². The maximum Gasteiger partial charge on any atom is 0.186 e. The molecule has 4 rings (SSSR count). The number of nitrogens with one attached hydrogen (secondary N) is 1. The fourth-order valence-electron chi connectivity index (χ4n) is 3.16. The van der Waals surface area contributed by atoms with Gasteiger partial charge >= 0.3 is 0 Å². The zero-order chi connectivity index (χ0) is 17.9. The normalized spacial score (nSPS) is 17.2. The minimum absolute atomic E-state index is 0.400. The lowest BCUT2D eigenvalue weighted by Gasteiger charge is -2.31. The van der Waals surface area contributed by atoms with Gasteiger partial charge in [0.15, 0.2) is 10.9 Å². The van der Waals surface area contributed by atoms with Crippen LogP contribution in [0.4, 0.5) is 22.6 Å². The first-order valence-electron chi connectivity index (χ1n) is 8.45. The largest absolute Gasteiger partial charge is 0.384 e. The number of nitriles is 1. The Hall–Kier alpha value is -2.99. The van der Waals surface area contributed by atoms with E-state index in [9.17, 15) is 0 Å². The maximum atomic E-state index is 8.97. The van der Waals surface area contributed by atoms with E-state index in [1.807, 2.05) is 6.07 Å². The first-order valence-corrected chi connectivity index (χ1v) is 9.26. The van der Waals surface area contributed by atoms with Gasteiger partial charge in [-0.3, -0.25) is 0 Å². The van der Waals surface area contributed by atoms with Gasteiger partial charge in [-0.05, 0) is 24.8 Å². The van der Waals surface area contributed by atoms with Gasteiger partial charge in [-0.25, -0.2) is 19.9 Å². The van der Waals surface area contributed by atoms with Crippen LogP contribution in [0.2, 0.25) is 0 Å². The molecule has 0 bridgehead atoms. The molecule has 26 heavy (non-hydrogen) atoms. The van der Waals surface area contributed by atoms with Crippen molar-refractivity contribution in [2.45, 2.75) is 19.3 Å². The van der Waals surface area contributed by atoms with Gasteiger partial charge in [-0.15, -0.1) is 0 Å². The van der Waals surface area contributed by atoms with Crippen molar-refractivity contribution in [3.05, 3.63) is 24.7 Å². The monoisotopic (exact) mass is 366 g/mol. The van der Waals surface area contributed by atoms with Gasteiger partial charge in [-0.1, -0.05) is 11.3 Å². The highest BCUT2D eigenvalue weighted by Crippen LogP contribution is 2.35. The van der Waals surface area contributed by atoms with Crippen LogP contribution in [-0.4, -0.2) is 33.0 Å². The molecule has 1 aliphatic rings. The number of fused-ring (bicyclic) bond motifs is 1. The summed E-state index contributed by atoms with van der Waals surface area (Å²) in [5.74, 6) is 2.12. The van der Waals surface area contributed by atoms with Crippen LogP contribution in [-0.2, 0) is 0 Å². The molecule has 9 heteroatoms. The lowest BCUT2D eigenvalue weighted by Crippen LogP contribution is -2.35. The molecule has 3 aromatic rings. The molecule has 1 atom stereocenters. The van der Waals surface area contributed by atoms with Gasteiger partial charge in [0, 0.05) is 31.8 Å². The smallest absolute Gasteiger partial charge is 0.186 e. The minimum Gasteiger partial charge on any atom is -0.384 e. The van der Waals surface area contributed by atoms with Gasteiger partial charge in [-0.2, -0.15) is 5.26 Å². The molecule has 8 nitrogen and oxygen atoms in total. The van der Waals surface area contributed by atoms with Crippen molar-refractivity contribution in [1.82, 2.24) is 19.9 Å². The van der Waals surface area contributed by atoms with Crippen LogP contribution in [0.3, 0.4) is 0 Å². The molecule has 0 unspecified atom stereocenters. The highest BCUT2D eigenvalue weighted by Gasteiger charge is 2.23. The Morgan fingerprint density at radius 2 is 2.31 bits per heavy atom. The summed E-state index contributed by atoms with van der Waals surface area (Å²) in [6.07, 6.45) is 5.95. The number of piperidine rings is 1. The number of thiazole rings is 1. The highest BCUT2D eigenvalue weighted by molar-refractivity contribution is 7.22. The Bertz CT molecular complexity index is 963. The number of aromatic nitrogens is 4. The van der Waals surface area contributed by atoms with E-state index < -0.39 is 0 Å². The summed E-state index contributed by atoms with van der Waals surface area (Å²) in [4.78, 5) is 19.6. The summed E-state index contributed by atoms with van der Waals surface area (Å²) in [6.45, 7) is 1.85. The molecule has 0 aromatic carbocycles. The second-order valence-electron chi connectivity index (χ2n) is 6.27. The van der Waals surface area contributed by atoms with E-state index in [1.165, 1.54) is 6.33 Å². The van der Waals surface area contributed by atoms with E-state index in [0.717, 1.165) is 41.3 Å². The summed E-state index contributed by atoms with van der Waals surface area (Å²) < 4.78 is 0.974. The van der Waals surface area contributed by atoms with E-state index in [0.29, 0.717) is 29.8 Å². The predicted molar refractivity (Wildman–Crippen MR) is 102 cm³/mol. The third kappa shape index (κ3) is 3.36. The standard InChI is InChI=1S/C17H18N8S/c18-5-3-11-2-1-7-25(9-11)17-23-12-4-6-20-16(15(12)26-17)24-14-8-13(19)21-10-22-14/h4,6,8,10-11H,1-3,7,9H2,(H3,19,20,21,22,24)/t11-/m1/s1. The molecular formula is C17H18N8S. The molecule has 0 amide bonds. The third-order valence-electron chi connectivity index (χ3n) is 4.40. The number of pyridine rings is 1. The average molecular weight is 366 g/mol. The van der Waals surface area contributed by atoms with Crippen LogP contribution in [0.1, 0.15) is 19.3 Å². The number of nitrogens with zero attached hydrogens (tertiary/aromatic N) is 6. The molecular weight excluding hydrogens is 348 g/mol. The van der Waals surface area contributed by atoms with E-state index in [4.69, 9.17) is 16.0 Å². The van der Waals surface area contributed by atoms with Crippen LogP contribution in [0, 0.1) is 17.2 Å². The highest BCUT2D eigenvalue weighted by atomic mass is 32.1. The average Bonchev–Trinajstić information content (AvgIpc) is 3.08. The van der Waals surface area contributed by atoms with Crippen LogP contribution in [0.5, 0.6) is 0 Å². The van der Waals surface area contributed by atoms with Gasteiger partial charge in [0.1, 0.15) is 18.0 Å². The number of hydrogen-bond donors (Lipinski definition) is 2.